The van der Waals surface area contributed by atoms with E-state index >= 15 is 0 Å². The van der Waals surface area contributed by atoms with E-state index in [2.05, 4.69) is 31.6 Å². The normalized spacial score (nSPS) is 21.6. The number of carbonyl (C=O) groups is 1. The fourth-order valence-electron chi connectivity index (χ4n) is 4.82. The first-order chi connectivity index (χ1) is 19.0. The molecule has 2 aliphatic heterocycles. The van der Waals surface area contributed by atoms with E-state index in [0.29, 0.717) is 17.8 Å². The number of aliphatic hydroxyl groups is 4. The Bertz CT molecular complexity index is 1360. The second kappa shape index (κ2) is 10.8. The SMILES string of the molecule is CN(CCO)C1(C#CC2CN=C3N2c2ccccc2C(=O)N3C(O)(O)c2cnn(C)c2)CC1.CSNC1(O)CC1. The maximum absolute atomic E-state index is 13.4. The predicted molar refractivity (Wildman–Crippen MR) is 151 cm³/mol. The Morgan fingerprint density at radius 3 is 2.55 bits per heavy atom. The van der Waals surface area contributed by atoms with Crippen LogP contribution in [0.3, 0.4) is 0 Å². The van der Waals surface area contributed by atoms with Gasteiger partial charge in [0.15, 0.2) is 0 Å². The standard InChI is InChI=1S/C23H26N6O4.C4H9NOS/c1-26(11-12-30)22(9-10-22)8-7-17-14-24-21-28(17)19-6-4-3-5-18(19)20(31)29(21)23(32,33)16-13-25-27(2)15-16;1-7-5-4(6)2-3-4/h3-6,13,15,17,30,32-33H,9-12,14H2,1-2H3;5-6H,2-3H2,1H3. The third-order valence-corrected chi connectivity index (χ3v) is 8.09. The largest absolute Gasteiger partial charge is 0.395 e. The van der Waals surface area contributed by atoms with Crippen molar-refractivity contribution in [3.8, 4) is 11.8 Å². The molecule has 1 amide bonds. The molecular formula is C27H35N7O5S. The van der Waals surface area contributed by atoms with E-state index in [1.54, 1.807) is 24.1 Å². The molecule has 40 heavy (non-hydrogen) atoms. The first kappa shape index (κ1) is 28.6. The van der Waals surface area contributed by atoms with Crippen molar-refractivity contribution in [1.29, 1.82) is 0 Å². The molecule has 4 aliphatic rings. The van der Waals surface area contributed by atoms with Crippen LogP contribution in [0.5, 0.6) is 0 Å². The minimum absolute atomic E-state index is 0.0532. The number of aryl methyl sites for hydroxylation is 1. The lowest BCUT2D eigenvalue weighted by atomic mass is 10.0. The number of nitrogens with one attached hydrogen (secondary N) is 1. The van der Waals surface area contributed by atoms with Crippen LogP contribution < -0.4 is 9.62 Å². The number of benzene rings is 1. The summed E-state index contributed by atoms with van der Waals surface area (Å²) in [5, 5.41) is 44.5. The number of likely N-dealkylation sites (N-methyl/N-ethyl adjacent to an activating group) is 1. The molecule has 2 fully saturated rings. The molecule has 2 aliphatic carbocycles. The highest BCUT2D eigenvalue weighted by Gasteiger charge is 2.51. The molecule has 0 saturated heterocycles. The molecule has 6 rings (SSSR count). The number of aliphatic imine (C=N–C) groups is 1. The van der Waals surface area contributed by atoms with Gasteiger partial charge in [-0.1, -0.05) is 35.9 Å². The lowest BCUT2D eigenvalue weighted by molar-refractivity contribution is -0.234. The summed E-state index contributed by atoms with van der Waals surface area (Å²) >= 11 is 1.47. The first-order valence-electron chi connectivity index (χ1n) is 13.1. The van der Waals surface area contributed by atoms with E-state index in [1.807, 2.05) is 25.4 Å². The maximum atomic E-state index is 13.4. The smallest absolute Gasteiger partial charge is 0.287 e. The zero-order valence-electron chi connectivity index (χ0n) is 22.8. The van der Waals surface area contributed by atoms with Crippen molar-refractivity contribution in [3.63, 3.8) is 0 Å². The van der Waals surface area contributed by atoms with Crippen LogP contribution in [0.25, 0.3) is 0 Å². The summed E-state index contributed by atoms with van der Waals surface area (Å²) in [5.41, 5.74) is 0.269. The van der Waals surface area contributed by atoms with Gasteiger partial charge in [-0.05, 0) is 51.1 Å². The highest BCUT2D eigenvalue weighted by molar-refractivity contribution is 7.96. The monoisotopic (exact) mass is 569 g/mol. The number of nitrogens with zero attached hydrogens (tertiary/aromatic N) is 6. The number of β-amino-alcohol motifs (C(OH)–C–C–N with tert-alkyl or cyclic N) is 1. The summed E-state index contributed by atoms with van der Waals surface area (Å²) in [6, 6.07) is 6.65. The number of guanidine groups is 1. The quantitative estimate of drug-likeness (QED) is 0.175. The molecule has 0 radical (unpaired) electrons. The molecule has 214 valence electrons. The number of hydrogen-bond donors (Lipinski definition) is 5. The third kappa shape index (κ3) is 5.36. The van der Waals surface area contributed by atoms with E-state index < -0.39 is 17.5 Å². The van der Waals surface area contributed by atoms with Crippen LogP contribution in [0, 0.1) is 11.8 Å². The zero-order valence-corrected chi connectivity index (χ0v) is 23.6. The minimum atomic E-state index is -2.64. The molecule has 1 aromatic carbocycles. The average Bonchev–Trinajstić information content (AvgIpc) is 3.77. The van der Waals surface area contributed by atoms with Gasteiger partial charge in [0.25, 0.3) is 11.8 Å². The van der Waals surface area contributed by atoms with Gasteiger partial charge >= 0.3 is 0 Å². The number of carbonyl (C=O) groups excluding carboxylic acids is 1. The fraction of sp³-hybridized carbons (Fsp3) is 0.519. The van der Waals surface area contributed by atoms with Gasteiger partial charge in [0.05, 0.1) is 41.7 Å². The van der Waals surface area contributed by atoms with E-state index in [4.69, 9.17) is 5.11 Å². The predicted octanol–water partition coefficient (Wildman–Crippen LogP) is 0.0121. The Kier molecular flexibility index (Phi) is 7.71. The van der Waals surface area contributed by atoms with Crippen molar-refractivity contribution in [2.24, 2.45) is 12.0 Å². The highest BCUT2D eigenvalue weighted by Crippen LogP contribution is 2.41. The number of aromatic nitrogens is 2. The molecule has 2 saturated carbocycles. The van der Waals surface area contributed by atoms with Crippen molar-refractivity contribution in [1.82, 2.24) is 24.3 Å². The lowest BCUT2D eigenvalue weighted by Gasteiger charge is -2.42. The lowest BCUT2D eigenvalue weighted by Crippen LogP contribution is -2.60. The van der Waals surface area contributed by atoms with Gasteiger partial charge in [0.1, 0.15) is 11.8 Å². The Morgan fingerprint density at radius 1 is 1.25 bits per heavy atom. The molecule has 5 N–H and O–H groups in total. The summed E-state index contributed by atoms with van der Waals surface area (Å²) in [6.07, 6.45) is 8.33. The number of anilines is 1. The van der Waals surface area contributed by atoms with Crippen molar-refractivity contribution in [2.75, 3.05) is 37.9 Å². The van der Waals surface area contributed by atoms with Crippen molar-refractivity contribution in [3.05, 3.63) is 47.8 Å². The van der Waals surface area contributed by atoms with Crippen LogP contribution >= 0.6 is 11.9 Å². The molecule has 12 nitrogen and oxygen atoms in total. The molecule has 3 heterocycles. The van der Waals surface area contributed by atoms with E-state index in [-0.39, 0.29) is 36.3 Å². The average molecular weight is 570 g/mol. The Morgan fingerprint density at radius 2 is 1.98 bits per heavy atom. The van der Waals surface area contributed by atoms with E-state index in [0.717, 1.165) is 30.6 Å². The fourth-order valence-corrected chi connectivity index (χ4v) is 5.41. The third-order valence-electron chi connectivity index (χ3n) is 7.51. The highest BCUT2D eigenvalue weighted by atomic mass is 32.2. The van der Waals surface area contributed by atoms with Crippen LogP contribution in [0.2, 0.25) is 0 Å². The van der Waals surface area contributed by atoms with Gasteiger partial charge in [-0.3, -0.25) is 19.3 Å². The summed E-state index contributed by atoms with van der Waals surface area (Å²) in [6.45, 7) is 0.887. The Labute approximate surface area is 237 Å². The molecule has 1 aromatic heterocycles. The summed E-state index contributed by atoms with van der Waals surface area (Å²) in [5.74, 6) is 3.62. The number of rotatable bonds is 7. The van der Waals surface area contributed by atoms with Gasteiger partial charge < -0.3 is 20.4 Å². The van der Waals surface area contributed by atoms with Gasteiger partial charge in [0, 0.05) is 19.8 Å². The Hall–Kier alpha value is -2.96. The molecule has 1 atom stereocenters. The summed E-state index contributed by atoms with van der Waals surface area (Å²) in [4.78, 5) is 22.7. The molecular weight excluding hydrogens is 534 g/mol. The number of aliphatic hydroxyl groups excluding tert-OH is 1. The van der Waals surface area contributed by atoms with Crippen LogP contribution in [0.4, 0.5) is 5.69 Å². The van der Waals surface area contributed by atoms with Crippen LogP contribution in [-0.2, 0) is 13.0 Å². The molecule has 0 spiro atoms. The number of fused-ring (bicyclic) bond motifs is 3. The van der Waals surface area contributed by atoms with Gasteiger partial charge in [-0.2, -0.15) is 5.10 Å². The van der Waals surface area contributed by atoms with Crippen molar-refractivity contribution in [2.45, 2.75) is 48.9 Å². The molecule has 1 unspecified atom stereocenters. The van der Waals surface area contributed by atoms with Crippen molar-refractivity contribution >= 4 is 29.5 Å². The zero-order chi connectivity index (χ0) is 28.7. The van der Waals surface area contributed by atoms with E-state index in [1.165, 1.54) is 29.0 Å². The van der Waals surface area contributed by atoms with Gasteiger partial charge in [0.2, 0.25) is 5.96 Å². The summed E-state index contributed by atoms with van der Waals surface area (Å²) in [7, 11) is 3.60. The van der Waals surface area contributed by atoms with Crippen LogP contribution in [0.1, 0.15) is 41.6 Å². The number of hydrogen-bond acceptors (Lipinski definition) is 11. The first-order valence-corrected chi connectivity index (χ1v) is 14.4. The maximum Gasteiger partial charge on any atom is 0.287 e. The topological polar surface area (TPSA) is 150 Å². The van der Waals surface area contributed by atoms with Crippen molar-refractivity contribution < 1.29 is 25.2 Å². The van der Waals surface area contributed by atoms with Gasteiger partial charge in [-0.15, -0.1) is 0 Å². The molecule has 13 heteroatoms. The number of amides is 1. The second-order valence-electron chi connectivity index (χ2n) is 10.5. The van der Waals surface area contributed by atoms with Crippen LogP contribution in [0.15, 0.2) is 41.7 Å². The minimum Gasteiger partial charge on any atom is -0.395 e. The molecule has 0 bridgehead atoms. The van der Waals surface area contributed by atoms with Gasteiger partial charge in [-0.25, -0.2) is 14.6 Å². The summed E-state index contributed by atoms with van der Waals surface area (Å²) < 4.78 is 4.30. The van der Waals surface area contributed by atoms with E-state index in [9.17, 15) is 20.1 Å². The Balaban J connectivity index is 0.000000403. The number of para-hydroxylation sites is 1. The second-order valence-corrected chi connectivity index (χ2v) is 11.1. The van der Waals surface area contributed by atoms with Crippen LogP contribution in [-0.4, -0.2) is 102 Å². The molecule has 2 aromatic rings.